The first-order valence-electron chi connectivity index (χ1n) is 5.90. The van der Waals surface area contributed by atoms with Crippen molar-refractivity contribution in [3.8, 4) is 0 Å². The average Bonchev–Trinajstić information content (AvgIpc) is 2.87. The largest absolute Gasteiger partial charge is 0.394 e. The van der Waals surface area contributed by atoms with Crippen LogP contribution in [0.25, 0.3) is 0 Å². The summed E-state index contributed by atoms with van der Waals surface area (Å²) in [6, 6.07) is 0. The molecule has 2 heterocycles. The van der Waals surface area contributed by atoms with Crippen LogP contribution in [0.3, 0.4) is 0 Å². The topological polar surface area (TPSA) is 67.2 Å². The first-order valence-corrected chi connectivity index (χ1v) is 7.43. The summed E-state index contributed by atoms with van der Waals surface area (Å²) in [6.07, 6.45) is 2.74. The third-order valence-electron chi connectivity index (χ3n) is 2.90. The van der Waals surface area contributed by atoms with E-state index in [1.54, 1.807) is 6.20 Å². The number of aliphatic hydroxyl groups is 1. The molecule has 2 rings (SSSR count). The van der Waals surface area contributed by atoms with Crippen LogP contribution in [-0.4, -0.2) is 39.5 Å². The van der Waals surface area contributed by atoms with E-state index in [4.69, 9.17) is 16.7 Å². The average molecular weight is 290 g/mol. The Balaban J connectivity index is 2.04. The molecule has 0 aromatic carbocycles. The maximum atomic E-state index is 11.8. The van der Waals surface area contributed by atoms with E-state index in [1.807, 2.05) is 11.8 Å². The lowest BCUT2D eigenvalue weighted by molar-refractivity contribution is 0.266. The number of nitrogens with zero attached hydrogens (tertiary/aromatic N) is 2. The molecule has 0 bridgehead atoms. The Hall–Kier alpha value is -0.720. The minimum absolute atomic E-state index is 0.130. The van der Waals surface area contributed by atoms with E-state index >= 15 is 0 Å². The molecule has 2 N–H and O–H groups in total. The number of rotatable bonds is 5. The number of aromatic nitrogens is 2. The molecule has 7 heteroatoms. The van der Waals surface area contributed by atoms with Crippen molar-refractivity contribution in [3.05, 3.63) is 21.6 Å². The summed E-state index contributed by atoms with van der Waals surface area (Å²) < 4.78 is 1.17. The maximum Gasteiger partial charge on any atom is 0.287 e. The first kappa shape index (κ1) is 13.7. The molecule has 0 saturated carbocycles. The number of aliphatic hydroxyl groups excluding tert-OH is 1. The Morgan fingerprint density at radius 1 is 1.67 bits per heavy atom. The fraction of sp³-hybridized carbons (Fsp3) is 0.636. The Morgan fingerprint density at radius 2 is 2.50 bits per heavy atom. The van der Waals surface area contributed by atoms with Crippen molar-refractivity contribution in [2.75, 3.05) is 30.0 Å². The molecule has 1 aliphatic heterocycles. The summed E-state index contributed by atoms with van der Waals surface area (Å²) in [5, 5.41) is 16.1. The molecule has 0 spiro atoms. The second-order valence-corrected chi connectivity index (χ2v) is 5.76. The van der Waals surface area contributed by atoms with Crippen molar-refractivity contribution < 1.29 is 5.11 Å². The highest BCUT2D eigenvalue weighted by atomic mass is 35.5. The third-order valence-corrected chi connectivity index (χ3v) is 4.50. The molecule has 0 aliphatic carbocycles. The van der Waals surface area contributed by atoms with Crippen molar-refractivity contribution in [1.82, 2.24) is 9.78 Å². The molecular weight excluding hydrogens is 274 g/mol. The molecule has 1 fully saturated rings. The molecule has 0 amide bonds. The zero-order chi connectivity index (χ0) is 13.0. The summed E-state index contributed by atoms with van der Waals surface area (Å²) in [5.41, 5.74) is 0.212. The highest BCUT2D eigenvalue weighted by Crippen LogP contribution is 2.24. The lowest BCUT2D eigenvalue weighted by atomic mass is 10.1. The second kappa shape index (κ2) is 6.45. The van der Waals surface area contributed by atoms with Gasteiger partial charge in [-0.2, -0.15) is 16.9 Å². The van der Waals surface area contributed by atoms with Gasteiger partial charge in [0.1, 0.15) is 5.02 Å². The smallest absolute Gasteiger partial charge is 0.287 e. The number of thioether (sulfide) groups is 1. The van der Waals surface area contributed by atoms with E-state index in [9.17, 15) is 4.79 Å². The first-order chi connectivity index (χ1) is 8.72. The van der Waals surface area contributed by atoms with Crippen molar-refractivity contribution in [2.45, 2.75) is 13.0 Å². The number of halogens is 1. The Morgan fingerprint density at radius 3 is 3.17 bits per heavy atom. The summed E-state index contributed by atoms with van der Waals surface area (Å²) in [5.74, 6) is 2.99. The van der Waals surface area contributed by atoms with Crippen LogP contribution < -0.4 is 10.9 Å². The van der Waals surface area contributed by atoms with E-state index in [0.717, 1.165) is 12.3 Å². The normalized spacial score (nSPS) is 19.1. The van der Waals surface area contributed by atoms with Crippen LogP contribution in [0.15, 0.2) is 11.0 Å². The van der Waals surface area contributed by atoms with E-state index in [1.165, 1.54) is 16.9 Å². The number of hydrogen-bond donors (Lipinski definition) is 2. The van der Waals surface area contributed by atoms with E-state index in [-0.39, 0.29) is 23.7 Å². The molecule has 1 atom stereocenters. The molecule has 1 saturated heterocycles. The fourth-order valence-corrected chi connectivity index (χ4v) is 3.34. The maximum absolute atomic E-state index is 11.8. The quantitative estimate of drug-likeness (QED) is 0.848. The lowest BCUT2D eigenvalue weighted by Crippen LogP contribution is -2.26. The molecule has 100 valence electrons. The van der Waals surface area contributed by atoms with Crippen LogP contribution in [-0.2, 0) is 6.54 Å². The van der Waals surface area contributed by atoms with Crippen LogP contribution in [0.1, 0.15) is 6.42 Å². The molecule has 1 aromatic heterocycles. The fourth-order valence-electron chi connectivity index (χ4n) is 1.84. The molecular formula is C11H16ClN3O2S. The minimum Gasteiger partial charge on any atom is -0.394 e. The lowest BCUT2D eigenvalue weighted by Gasteiger charge is -2.12. The number of nitrogens with one attached hydrogen (secondary N) is 1. The van der Waals surface area contributed by atoms with Gasteiger partial charge in [-0.25, -0.2) is 4.68 Å². The van der Waals surface area contributed by atoms with Crippen LogP contribution in [0.2, 0.25) is 5.02 Å². The standard InChI is InChI=1S/C11H16ClN3O2S/c12-10-9(13-5-8-1-4-18-7-8)6-14-15(2-3-16)11(10)17/h6,8,13,16H,1-5,7H2. The second-order valence-electron chi connectivity index (χ2n) is 4.23. The van der Waals surface area contributed by atoms with Crippen molar-refractivity contribution in [3.63, 3.8) is 0 Å². The van der Waals surface area contributed by atoms with Crippen molar-refractivity contribution >= 4 is 29.1 Å². The molecule has 5 nitrogen and oxygen atoms in total. The van der Waals surface area contributed by atoms with E-state index in [2.05, 4.69) is 10.4 Å². The van der Waals surface area contributed by atoms with Crippen LogP contribution >= 0.6 is 23.4 Å². The van der Waals surface area contributed by atoms with Gasteiger partial charge in [0.25, 0.3) is 5.56 Å². The molecule has 1 aliphatic rings. The van der Waals surface area contributed by atoms with E-state index < -0.39 is 0 Å². The molecule has 0 radical (unpaired) electrons. The van der Waals surface area contributed by atoms with Crippen LogP contribution in [0.4, 0.5) is 5.69 Å². The Bertz CT molecular complexity index is 460. The molecule has 1 unspecified atom stereocenters. The van der Waals surface area contributed by atoms with Gasteiger partial charge in [-0.3, -0.25) is 4.79 Å². The van der Waals surface area contributed by atoms with Gasteiger partial charge in [-0.1, -0.05) is 11.6 Å². The van der Waals surface area contributed by atoms with Gasteiger partial charge < -0.3 is 10.4 Å². The highest BCUT2D eigenvalue weighted by Gasteiger charge is 2.16. The summed E-state index contributed by atoms with van der Waals surface area (Å²) in [7, 11) is 0. The van der Waals surface area contributed by atoms with Gasteiger partial charge in [0, 0.05) is 6.54 Å². The van der Waals surface area contributed by atoms with Crippen molar-refractivity contribution in [1.29, 1.82) is 0 Å². The minimum atomic E-state index is -0.364. The summed E-state index contributed by atoms with van der Waals surface area (Å²) in [4.78, 5) is 11.8. The zero-order valence-corrected chi connectivity index (χ0v) is 11.5. The number of anilines is 1. The van der Waals surface area contributed by atoms with E-state index in [0.29, 0.717) is 11.6 Å². The van der Waals surface area contributed by atoms with Gasteiger partial charge in [0.2, 0.25) is 0 Å². The predicted molar refractivity (Wildman–Crippen MR) is 74.5 cm³/mol. The molecule has 1 aromatic rings. The predicted octanol–water partition coefficient (Wildman–Crippen LogP) is 1.05. The summed E-state index contributed by atoms with van der Waals surface area (Å²) >= 11 is 7.95. The Kier molecular flexibility index (Phi) is 4.91. The van der Waals surface area contributed by atoms with Gasteiger partial charge in [-0.15, -0.1) is 0 Å². The van der Waals surface area contributed by atoms with Crippen molar-refractivity contribution in [2.24, 2.45) is 5.92 Å². The van der Waals surface area contributed by atoms with Gasteiger partial charge in [0.05, 0.1) is 25.0 Å². The Labute approximate surface area is 115 Å². The highest BCUT2D eigenvalue weighted by molar-refractivity contribution is 7.99. The molecule has 18 heavy (non-hydrogen) atoms. The third kappa shape index (κ3) is 3.18. The monoisotopic (exact) mass is 289 g/mol. The summed E-state index contributed by atoms with van der Waals surface area (Å²) in [6.45, 7) is 0.852. The number of hydrogen-bond acceptors (Lipinski definition) is 5. The van der Waals surface area contributed by atoms with Crippen LogP contribution in [0, 0.1) is 5.92 Å². The van der Waals surface area contributed by atoms with Crippen LogP contribution in [0.5, 0.6) is 0 Å². The zero-order valence-electron chi connectivity index (χ0n) is 9.93. The van der Waals surface area contributed by atoms with Gasteiger partial charge in [-0.05, 0) is 23.8 Å². The SMILES string of the molecule is O=c1c(Cl)c(NCC2CCSC2)cnn1CCO. The van der Waals surface area contributed by atoms with Gasteiger partial charge in [0.15, 0.2) is 0 Å². The van der Waals surface area contributed by atoms with Gasteiger partial charge >= 0.3 is 0 Å².